The normalized spacial score (nSPS) is 15.5. The molecule has 0 saturated heterocycles. The van der Waals surface area contributed by atoms with E-state index in [1.54, 1.807) is 14.2 Å². The third-order valence-corrected chi connectivity index (χ3v) is 5.63. The molecule has 2 heterocycles. The summed E-state index contributed by atoms with van der Waals surface area (Å²) in [6.45, 7) is 8.06. The number of para-hydroxylation sites is 1. The molecule has 2 N–H and O–H groups in total. The van der Waals surface area contributed by atoms with Gasteiger partial charge in [-0.15, -0.1) is 0 Å². The van der Waals surface area contributed by atoms with Gasteiger partial charge in [-0.1, -0.05) is 32.9 Å². The first-order valence-corrected chi connectivity index (χ1v) is 10.6. The molecule has 0 bridgehead atoms. The second-order valence-electron chi connectivity index (χ2n) is 9.06. The Bertz CT molecular complexity index is 961. The third kappa shape index (κ3) is 4.74. The maximum Gasteiger partial charge on any atom is 0.272 e. The molecule has 0 fully saturated rings. The largest absolute Gasteiger partial charge is 0.496 e. The predicted octanol–water partition coefficient (Wildman–Crippen LogP) is 2.28. The number of hydrogen-bond acceptors (Lipinski definition) is 5. The first kappa shape index (κ1) is 22.8. The minimum Gasteiger partial charge on any atom is -0.496 e. The maximum absolute atomic E-state index is 13.4. The molecule has 0 radical (unpaired) electrons. The number of nitrogens with one attached hydrogen (secondary N) is 2. The SMILES string of the molecule is CNC(=O)[C@@H](NC(=O)c1nc(-c2ccccc2OC)n2c1CN(C)CCC2)C(C)(C)C. The molecule has 1 aliphatic rings. The number of rotatable bonds is 5. The average Bonchev–Trinajstić information content (AvgIpc) is 2.96. The molecular formula is C23H33N5O3. The summed E-state index contributed by atoms with van der Waals surface area (Å²) in [6.07, 6.45) is 0.950. The van der Waals surface area contributed by atoms with E-state index < -0.39 is 11.5 Å². The number of imidazole rings is 1. The molecule has 8 nitrogen and oxygen atoms in total. The van der Waals surface area contributed by atoms with Crippen LogP contribution in [0.3, 0.4) is 0 Å². The van der Waals surface area contributed by atoms with E-state index in [1.165, 1.54) is 0 Å². The molecular weight excluding hydrogens is 394 g/mol. The van der Waals surface area contributed by atoms with Crippen molar-refractivity contribution < 1.29 is 14.3 Å². The minimum atomic E-state index is -0.680. The summed E-state index contributed by atoms with van der Waals surface area (Å²) in [5.74, 6) is 0.842. The van der Waals surface area contributed by atoms with E-state index in [1.807, 2.05) is 52.1 Å². The summed E-state index contributed by atoms with van der Waals surface area (Å²) in [7, 11) is 5.24. The Hall–Kier alpha value is -2.87. The van der Waals surface area contributed by atoms with Crippen LogP contribution in [0.1, 0.15) is 43.4 Å². The van der Waals surface area contributed by atoms with Crippen LogP contribution in [0.15, 0.2) is 24.3 Å². The molecule has 1 aromatic carbocycles. The van der Waals surface area contributed by atoms with E-state index >= 15 is 0 Å². The molecule has 1 aromatic heterocycles. The quantitative estimate of drug-likeness (QED) is 0.764. The van der Waals surface area contributed by atoms with Gasteiger partial charge in [0, 0.05) is 20.1 Å². The number of fused-ring (bicyclic) bond motifs is 1. The highest BCUT2D eigenvalue weighted by atomic mass is 16.5. The number of likely N-dealkylation sites (N-methyl/N-ethyl adjacent to an activating group) is 1. The summed E-state index contributed by atoms with van der Waals surface area (Å²) in [5.41, 5.74) is 1.60. The van der Waals surface area contributed by atoms with E-state index in [-0.39, 0.29) is 11.8 Å². The summed E-state index contributed by atoms with van der Waals surface area (Å²) >= 11 is 0. The van der Waals surface area contributed by atoms with E-state index in [4.69, 9.17) is 9.72 Å². The minimum absolute atomic E-state index is 0.229. The molecule has 0 saturated carbocycles. The summed E-state index contributed by atoms with van der Waals surface area (Å²) < 4.78 is 7.66. The first-order chi connectivity index (χ1) is 14.7. The summed E-state index contributed by atoms with van der Waals surface area (Å²) in [6, 6.07) is 7.01. The number of hydrogen-bond donors (Lipinski definition) is 2. The van der Waals surface area contributed by atoms with Gasteiger partial charge in [0.25, 0.3) is 5.91 Å². The lowest BCUT2D eigenvalue weighted by Gasteiger charge is -2.29. The fourth-order valence-corrected chi connectivity index (χ4v) is 3.96. The van der Waals surface area contributed by atoms with Gasteiger partial charge < -0.3 is 24.8 Å². The van der Waals surface area contributed by atoms with E-state index in [9.17, 15) is 9.59 Å². The van der Waals surface area contributed by atoms with Gasteiger partial charge in [0.15, 0.2) is 5.69 Å². The van der Waals surface area contributed by atoms with Crippen LogP contribution in [-0.2, 0) is 17.9 Å². The van der Waals surface area contributed by atoms with Crippen LogP contribution in [0.4, 0.5) is 0 Å². The highest BCUT2D eigenvalue weighted by molar-refractivity contribution is 5.98. The second-order valence-corrected chi connectivity index (χ2v) is 9.06. The van der Waals surface area contributed by atoms with Crippen molar-refractivity contribution in [3.05, 3.63) is 35.7 Å². The zero-order valence-corrected chi connectivity index (χ0v) is 19.3. The fraction of sp³-hybridized carbons (Fsp3) is 0.522. The molecule has 1 aliphatic heterocycles. The number of ether oxygens (including phenoxy) is 1. The Morgan fingerprint density at radius 1 is 1.19 bits per heavy atom. The number of carbonyl (C=O) groups excluding carboxylic acids is 2. The van der Waals surface area contributed by atoms with Crippen LogP contribution in [-0.4, -0.2) is 60.1 Å². The van der Waals surface area contributed by atoms with E-state index in [0.29, 0.717) is 23.8 Å². The number of carbonyl (C=O) groups is 2. The van der Waals surface area contributed by atoms with E-state index in [0.717, 1.165) is 30.8 Å². The van der Waals surface area contributed by atoms with Crippen molar-refractivity contribution in [3.63, 3.8) is 0 Å². The van der Waals surface area contributed by atoms with Crippen LogP contribution >= 0.6 is 0 Å². The predicted molar refractivity (Wildman–Crippen MR) is 120 cm³/mol. The summed E-state index contributed by atoms with van der Waals surface area (Å²) in [4.78, 5) is 32.8. The Labute approximate surface area is 184 Å². The lowest BCUT2D eigenvalue weighted by Crippen LogP contribution is -2.53. The number of amides is 2. The molecule has 1 atom stereocenters. The van der Waals surface area contributed by atoms with Crippen molar-refractivity contribution in [2.45, 2.75) is 46.3 Å². The maximum atomic E-state index is 13.4. The van der Waals surface area contributed by atoms with Crippen molar-refractivity contribution in [2.75, 3.05) is 27.7 Å². The van der Waals surface area contributed by atoms with Gasteiger partial charge in [0.1, 0.15) is 17.6 Å². The molecule has 0 aliphatic carbocycles. The molecule has 0 unspecified atom stereocenters. The molecule has 31 heavy (non-hydrogen) atoms. The van der Waals surface area contributed by atoms with Crippen molar-refractivity contribution in [3.8, 4) is 17.1 Å². The highest BCUT2D eigenvalue weighted by Gasteiger charge is 2.34. The van der Waals surface area contributed by atoms with Crippen LogP contribution in [0, 0.1) is 5.41 Å². The van der Waals surface area contributed by atoms with Crippen molar-refractivity contribution in [2.24, 2.45) is 5.41 Å². The first-order valence-electron chi connectivity index (χ1n) is 10.6. The lowest BCUT2D eigenvalue weighted by atomic mass is 9.86. The Kier molecular flexibility index (Phi) is 6.69. The topological polar surface area (TPSA) is 88.5 Å². The number of nitrogens with zero attached hydrogens (tertiary/aromatic N) is 3. The van der Waals surface area contributed by atoms with E-state index in [2.05, 4.69) is 20.1 Å². The zero-order chi connectivity index (χ0) is 22.8. The lowest BCUT2D eigenvalue weighted by molar-refractivity contribution is -0.124. The molecule has 8 heteroatoms. The molecule has 168 valence electrons. The number of benzene rings is 1. The molecule has 0 spiro atoms. The Morgan fingerprint density at radius 3 is 2.55 bits per heavy atom. The molecule has 2 amide bonds. The van der Waals surface area contributed by atoms with Crippen molar-refractivity contribution in [1.29, 1.82) is 0 Å². The summed E-state index contributed by atoms with van der Waals surface area (Å²) in [5, 5.41) is 5.58. The Morgan fingerprint density at radius 2 is 1.90 bits per heavy atom. The zero-order valence-electron chi connectivity index (χ0n) is 19.3. The van der Waals surface area contributed by atoms with Crippen LogP contribution in [0.25, 0.3) is 11.4 Å². The van der Waals surface area contributed by atoms with Gasteiger partial charge in [-0.3, -0.25) is 9.59 Å². The standard InChI is InChI=1S/C23H33N5O3/c1-23(2,3)19(22(30)24-4)26-21(29)18-16-14-27(5)12-9-13-28(16)20(25-18)15-10-7-8-11-17(15)31-6/h7-8,10-11,19H,9,12-14H2,1-6H3,(H,24,30)(H,26,29)/t19-/m1/s1. The van der Waals surface area contributed by atoms with Crippen LogP contribution in [0.5, 0.6) is 5.75 Å². The van der Waals surface area contributed by atoms with Crippen molar-refractivity contribution >= 4 is 11.8 Å². The van der Waals surface area contributed by atoms with Crippen molar-refractivity contribution in [1.82, 2.24) is 25.1 Å². The van der Waals surface area contributed by atoms with Gasteiger partial charge in [0.05, 0.1) is 18.4 Å². The smallest absolute Gasteiger partial charge is 0.272 e. The van der Waals surface area contributed by atoms with Gasteiger partial charge in [-0.2, -0.15) is 0 Å². The molecule has 2 aromatic rings. The highest BCUT2D eigenvalue weighted by Crippen LogP contribution is 2.32. The van der Waals surface area contributed by atoms with Gasteiger partial charge in [-0.05, 0) is 37.6 Å². The van der Waals surface area contributed by atoms with Gasteiger partial charge in [0.2, 0.25) is 5.91 Å². The van der Waals surface area contributed by atoms with Crippen LogP contribution in [0.2, 0.25) is 0 Å². The van der Waals surface area contributed by atoms with Gasteiger partial charge in [-0.25, -0.2) is 4.98 Å². The van der Waals surface area contributed by atoms with Gasteiger partial charge >= 0.3 is 0 Å². The Balaban J connectivity index is 2.09. The number of methoxy groups -OCH3 is 1. The molecule has 3 rings (SSSR count). The van der Waals surface area contributed by atoms with Crippen LogP contribution < -0.4 is 15.4 Å². The second kappa shape index (κ2) is 9.09. The fourth-order valence-electron chi connectivity index (χ4n) is 3.96. The number of aromatic nitrogens is 2. The monoisotopic (exact) mass is 427 g/mol. The third-order valence-electron chi connectivity index (χ3n) is 5.63. The average molecular weight is 428 g/mol.